The first-order valence-corrected chi connectivity index (χ1v) is 5.34. The van der Waals surface area contributed by atoms with E-state index in [0.717, 1.165) is 12.2 Å². The number of nitrogens with zero attached hydrogens (tertiary/aromatic N) is 2. The lowest BCUT2D eigenvalue weighted by Gasteiger charge is -2.09. The highest BCUT2D eigenvalue weighted by Gasteiger charge is 2.27. The number of nitrogens with one attached hydrogen (secondary N) is 1. The van der Waals surface area contributed by atoms with E-state index < -0.39 is 12.8 Å². The van der Waals surface area contributed by atoms with Gasteiger partial charge in [0, 0.05) is 19.3 Å². The van der Waals surface area contributed by atoms with Crippen LogP contribution in [0.25, 0.3) is 0 Å². The molecule has 0 amide bonds. The largest absolute Gasteiger partial charge is 0.411 e. The number of ether oxygens (including phenoxy) is 1. The van der Waals surface area contributed by atoms with Crippen LogP contribution in [0.5, 0.6) is 0 Å². The van der Waals surface area contributed by atoms with E-state index in [9.17, 15) is 13.2 Å². The van der Waals surface area contributed by atoms with Crippen molar-refractivity contribution in [2.45, 2.75) is 26.6 Å². The summed E-state index contributed by atoms with van der Waals surface area (Å²) < 4.78 is 41.7. The molecule has 1 rings (SSSR count). The summed E-state index contributed by atoms with van der Waals surface area (Å²) in [6, 6.07) is 0. The molecule has 7 heteroatoms. The van der Waals surface area contributed by atoms with E-state index in [-0.39, 0.29) is 6.61 Å². The average molecular weight is 251 g/mol. The number of halogens is 3. The number of anilines is 1. The van der Waals surface area contributed by atoms with Crippen molar-refractivity contribution < 1.29 is 17.9 Å². The zero-order valence-corrected chi connectivity index (χ0v) is 9.84. The Labute approximate surface area is 97.8 Å². The highest BCUT2D eigenvalue weighted by atomic mass is 19.4. The second kappa shape index (κ2) is 5.90. The molecular formula is C10H16F3N3O. The molecule has 1 heterocycles. The summed E-state index contributed by atoms with van der Waals surface area (Å²) in [4.78, 5) is 4.20. The fourth-order valence-corrected chi connectivity index (χ4v) is 1.35. The lowest BCUT2D eigenvalue weighted by molar-refractivity contribution is -0.172. The van der Waals surface area contributed by atoms with Gasteiger partial charge in [0.05, 0.1) is 12.3 Å². The van der Waals surface area contributed by atoms with Crippen LogP contribution in [-0.4, -0.2) is 35.5 Å². The summed E-state index contributed by atoms with van der Waals surface area (Å²) in [5, 5.41) is 2.93. The van der Waals surface area contributed by atoms with Crippen molar-refractivity contribution in [3.63, 3.8) is 0 Å². The first-order valence-electron chi connectivity index (χ1n) is 5.34. The molecule has 0 aliphatic carbocycles. The van der Waals surface area contributed by atoms with Crippen LogP contribution in [0.15, 0.2) is 6.20 Å². The van der Waals surface area contributed by atoms with Gasteiger partial charge in [0.15, 0.2) is 0 Å². The highest BCUT2D eigenvalue weighted by Crippen LogP contribution is 2.14. The van der Waals surface area contributed by atoms with Gasteiger partial charge in [-0.05, 0) is 13.8 Å². The number of imidazole rings is 1. The number of alkyl halides is 3. The van der Waals surface area contributed by atoms with E-state index in [2.05, 4.69) is 15.0 Å². The normalized spacial score (nSPS) is 11.8. The van der Waals surface area contributed by atoms with Crippen LogP contribution in [0.2, 0.25) is 0 Å². The Morgan fingerprint density at radius 1 is 1.47 bits per heavy atom. The standard InChI is InChI=1S/C10H16F3N3O/c1-3-16-6-8(2)15-9(16)14-4-5-17-7-10(11,12)13/h6H,3-5,7H2,1-2H3,(H,14,15). The quantitative estimate of drug-likeness (QED) is 0.788. The summed E-state index contributed by atoms with van der Waals surface area (Å²) in [7, 11) is 0. The lowest BCUT2D eigenvalue weighted by Crippen LogP contribution is -2.20. The smallest absolute Gasteiger partial charge is 0.370 e. The fraction of sp³-hybridized carbons (Fsp3) is 0.700. The van der Waals surface area contributed by atoms with Gasteiger partial charge in [0.1, 0.15) is 6.61 Å². The Morgan fingerprint density at radius 3 is 2.76 bits per heavy atom. The molecule has 0 bridgehead atoms. The van der Waals surface area contributed by atoms with E-state index >= 15 is 0 Å². The van der Waals surface area contributed by atoms with Gasteiger partial charge in [-0.3, -0.25) is 0 Å². The second-order valence-electron chi connectivity index (χ2n) is 3.59. The van der Waals surface area contributed by atoms with Crippen LogP contribution >= 0.6 is 0 Å². The van der Waals surface area contributed by atoms with Crippen LogP contribution < -0.4 is 5.32 Å². The second-order valence-corrected chi connectivity index (χ2v) is 3.59. The van der Waals surface area contributed by atoms with Crippen LogP contribution in [0.3, 0.4) is 0 Å². The molecular weight excluding hydrogens is 235 g/mol. The molecule has 0 spiro atoms. The molecule has 4 nitrogen and oxygen atoms in total. The summed E-state index contributed by atoms with van der Waals surface area (Å²) in [6.45, 7) is 3.66. The Kier molecular flexibility index (Phi) is 4.80. The minimum absolute atomic E-state index is 0.00483. The lowest BCUT2D eigenvalue weighted by atomic mass is 10.6. The van der Waals surface area contributed by atoms with Crippen LogP contribution in [-0.2, 0) is 11.3 Å². The topological polar surface area (TPSA) is 39.1 Å². The summed E-state index contributed by atoms with van der Waals surface area (Å²) in [5.41, 5.74) is 0.866. The Balaban J connectivity index is 2.26. The Bertz CT molecular complexity index is 349. The molecule has 0 aromatic carbocycles. The Hall–Kier alpha value is -1.24. The fourth-order valence-electron chi connectivity index (χ4n) is 1.35. The first kappa shape index (κ1) is 13.8. The highest BCUT2D eigenvalue weighted by molar-refractivity contribution is 5.28. The van der Waals surface area contributed by atoms with Gasteiger partial charge in [0.25, 0.3) is 0 Å². The molecule has 0 aliphatic rings. The molecule has 1 aromatic heterocycles. The van der Waals surface area contributed by atoms with Crippen LogP contribution in [0.4, 0.5) is 19.1 Å². The van der Waals surface area contributed by atoms with Gasteiger partial charge in [-0.15, -0.1) is 0 Å². The third-order valence-corrected chi connectivity index (χ3v) is 2.03. The molecule has 0 radical (unpaired) electrons. The van der Waals surface area contributed by atoms with Gasteiger partial charge in [0.2, 0.25) is 5.95 Å². The van der Waals surface area contributed by atoms with Gasteiger partial charge < -0.3 is 14.6 Å². The molecule has 0 fully saturated rings. The third kappa shape index (κ3) is 5.08. The van der Waals surface area contributed by atoms with Crippen LogP contribution in [0, 0.1) is 6.92 Å². The van der Waals surface area contributed by atoms with Gasteiger partial charge in [-0.2, -0.15) is 13.2 Å². The molecule has 17 heavy (non-hydrogen) atoms. The van der Waals surface area contributed by atoms with Crippen molar-refractivity contribution in [3.05, 3.63) is 11.9 Å². The summed E-state index contributed by atoms with van der Waals surface area (Å²) >= 11 is 0. The maximum Gasteiger partial charge on any atom is 0.411 e. The minimum atomic E-state index is -4.27. The predicted molar refractivity (Wildman–Crippen MR) is 58.0 cm³/mol. The van der Waals surface area contributed by atoms with Crippen LogP contribution in [0.1, 0.15) is 12.6 Å². The molecule has 0 aliphatic heterocycles. The van der Waals surface area contributed by atoms with E-state index in [4.69, 9.17) is 0 Å². The van der Waals surface area contributed by atoms with E-state index in [1.165, 1.54) is 0 Å². The molecule has 0 saturated carbocycles. The average Bonchev–Trinajstić information content (AvgIpc) is 2.57. The van der Waals surface area contributed by atoms with Crippen molar-refractivity contribution in [1.29, 1.82) is 0 Å². The maximum absolute atomic E-state index is 11.8. The number of aryl methyl sites for hydroxylation is 2. The number of hydrogen-bond acceptors (Lipinski definition) is 3. The SMILES string of the molecule is CCn1cc(C)nc1NCCOCC(F)(F)F. The van der Waals surface area contributed by atoms with Crippen molar-refractivity contribution >= 4 is 5.95 Å². The summed E-state index contributed by atoms with van der Waals surface area (Å²) in [5.74, 6) is 0.653. The number of aromatic nitrogens is 2. The summed E-state index contributed by atoms with van der Waals surface area (Å²) in [6.07, 6.45) is -2.39. The van der Waals surface area contributed by atoms with Crippen molar-refractivity contribution in [2.75, 3.05) is 25.1 Å². The first-order chi connectivity index (χ1) is 7.92. The number of hydrogen-bond donors (Lipinski definition) is 1. The number of rotatable bonds is 6. The third-order valence-electron chi connectivity index (χ3n) is 2.03. The van der Waals surface area contributed by atoms with Gasteiger partial charge >= 0.3 is 6.18 Å². The van der Waals surface area contributed by atoms with Gasteiger partial charge in [-0.25, -0.2) is 4.98 Å². The molecule has 0 saturated heterocycles. The van der Waals surface area contributed by atoms with Gasteiger partial charge in [-0.1, -0.05) is 0 Å². The van der Waals surface area contributed by atoms with E-state index in [1.54, 1.807) is 0 Å². The minimum Gasteiger partial charge on any atom is -0.370 e. The van der Waals surface area contributed by atoms with E-state index in [1.807, 2.05) is 24.6 Å². The maximum atomic E-state index is 11.8. The molecule has 0 unspecified atom stereocenters. The van der Waals surface area contributed by atoms with Crippen molar-refractivity contribution in [2.24, 2.45) is 0 Å². The molecule has 98 valence electrons. The van der Waals surface area contributed by atoms with Crippen molar-refractivity contribution in [1.82, 2.24) is 9.55 Å². The molecule has 1 aromatic rings. The zero-order valence-electron chi connectivity index (χ0n) is 9.84. The molecule has 1 N–H and O–H groups in total. The molecule has 0 atom stereocenters. The van der Waals surface area contributed by atoms with E-state index in [0.29, 0.717) is 12.5 Å². The van der Waals surface area contributed by atoms with Crippen molar-refractivity contribution in [3.8, 4) is 0 Å². The zero-order chi connectivity index (χ0) is 12.9. The monoisotopic (exact) mass is 251 g/mol. The Morgan fingerprint density at radius 2 is 2.18 bits per heavy atom. The predicted octanol–water partition coefficient (Wildman–Crippen LogP) is 2.20.